The molecule has 0 heterocycles. The molecule has 2 aromatic rings. The van der Waals surface area contributed by atoms with Crippen LogP contribution in [-0.4, -0.2) is 6.03 Å². The number of carbonyl (C=O) groups is 1. The molecule has 0 fully saturated rings. The van der Waals surface area contributed by atoms with Crippen LogP contribution in [-0.2, 0) is 0 Å². The molecule has 0 aromatic heterocycles. The molecule has 2 N–H and O–H groups in total. The summed E-state index contributed by atoms with van der Waals surface area (Å²) in [5.41, 5.74) is 1.28. The largest absolute Gasteiger partial charge is 0.323 e. The summed E-state index contributed by atoms with van der Waals surface area (Å²) < 4.78 is 13.6. The van der Waals surface area contributed by atoms with Crippen LogP contribution in [0.5, 0.6) is 0 Å². The lowest BCUT2D eigenvalue weighted by Gasteiger charge is -2.08. The van der Waals surface area contributed by atoms with Crippen molar-refractivity contribution < 1.29 is 9.18 Å². The average molecular weight is 356 g/mol. The quantitative estimate of drug-likeness (QED) is 0.783. The average Bonchev–Trinajstić information content (AvgIpc) is 2.35. The van der Waals surface area contributed by atoms with Crippen LogP contribution in [0.15, 0.2) is 48.5 Å². The van der Waals surface area contributed by atoms with E-state index in [4.69, 9.17) is 0 Å². The van der Waals surface area contributed by atoms with E-state index in [0.717, 1.165) is 9.26 Å². The molecule has 0 aliphatic heterocycles. The molecule has 0 radical (unpaired) electrons. The first kappa shape index (κ1) is 12.8. The van der Waals surface area contributed by atoms with Crippen molar-refractivity contribution in [2.75, 3.05) is 10.6 Å². The molecule has 0 aliphatic carbocycles. The van der Waals surface area contributed by atoms with Gasteiger partial charge in [-0.1, -0.05) is 12.1 Å². The van der Waals surface area contributed by atoms with Crippen molar-refractivity contribution >= 4 is 40.0 Å². The molecule has 2 amide bonds. The molecular weight excluding hydrogens is 346 g/mol. The van der Waals surface area contributed by atoms with Gasteiger partial charge in [0.05, 0.1) is 5.69 Å². The van der Waals surface area contributed by atoms with Gasteiger partial charge in [0.1, 0.15) is 5.82 Å². The van der Waals surface area contributed by atoms with Crippen LogP contribution in [0.2, 0.25) is 0 Å². The normalized spacial score (nSPS) is 9.89. The van der Waals surface area contributed by atoms with E-state index >= 15 is 0 Å². The van der Waals surface area contributed by atoms with Gasteiger partial charge in [-0.05, 0) is 59.0 Å². The predicted octanol–water partition coefficient (Wildman–Crippen LogP) is 4.07. The van der Waals surface area contributed by atoms with Crippen LogP contribution in [0.3, 0.4) is 0 Å². The monoisotopic (exact) mass is 356 g/mol. The number of hydrogen-bond donors (Lipinski definition) is 2. The molecule has 2 aromatic carbocycles. The second kappa shape index (κ2) is 5.81. The zero-order chi connectivity index (χ0) is 13.0. The van der Waals surface area contributed by atoms with Gasteiger partial charge >= 0.3 is 6.03 Å². The molecule has 0 saturated carbocycles. The van der Waals surface area contributed by atoms with Crippen LogP contribution in [0.1, 0.15) is 0 Å². The summed E-state index contributed by atoms with van der Waals surface area (Å²) in [5.74, 6) is -0.335. The number of amides is 2. The minimum atomic E-state index is -0.356. The van der Waals surface area contributed by atoms with E-state index in [-0.39, 0.29) is 11.8 Å². The van der Waals surface area contributed by atoms with Crippen molar-refractivity contribution in [1.29, 1.82) is 0 Å². The Morgan fingerprint density at radius 2 is 1.67 bits per heavy atom. The van der Waals surface area contributed by atoms with Crippen molar-refractivity contribution in [2.45, 2.75) is 0 Å². The van der Waals surface area contributed by atoms with Crippen molar-refractivity contribution in [2.24, 2.45) is 0 Å². The Morgan fingerprint density at radius 1 is 1.00 bits per heavy atom. The first-order valence-electron chi connectivity index (χ1n) is 5.23. The van der Waals surface area contributed by atoms with E-state index in [0.29, 0.717) is 5.69 Å². The molecule has 0 bridgehead atoms. The van der Waals surface area contributed by atoms with Crippen molar-refractivity contribution in [1.82, 2.24) is 0 Å². The number of nitrogens with one attached hydrogen (secondary N) is 2. The third-order valence-corrected chi connectivity index (χ3v) is 3.16. The molecular formula is C13H10FIN2O. The van der Waals surface area contributed by atoms with Gasteiger partial charge in [-0.25, -0.2) is 9.18 Å². The smallest absolute Gasteiger partial charge is 0.308 e. The number of rotatable bonds is 2. The highest BCUT2D eigenvalue weighted by atomic mass is 127. The maximum Gasteiger partial charge on any atom is 0.323 e. The summed E-state index contributed by atoms with van der Waals surface area (Å²) in [6, 6.07) is 12.7. The lowest BCUT2D eigenvalue weighted by atomic mass is 10.3. The Kier molecular flexibility index (Phi) is 4.14. The van der Waals surface area contributed by atoms with E-state index in [1.807, 2.05) is 24.3 Å². The second-order valence-corrected chi connectivity index (χ2v) is 4.73. The second-order valence-electron chi connectivity index (χ2n) is 3.57. The predicted molar refractivity (Wildman–Crippen MR) is 78.2 cm³/mol. The minimum absolute atomic E-state index is 0.335. The fourth-order valence-corrected chi connectivity index (χ4v) is 1.90. The third kappa shape index (κ3) is 3.43. The van der Waals surface area contributed by atoms with Gasteiger partial charge < -0.3 is 10.6 Å². The van der Waals surface area contributed by atoms with Gasteiger partial charge in [0.2, 0.25) is 0 Å². The SMILES string of the molecule is O=C(Nc1ccc(F)cc1)Nc1ccccc1I. The molecule has 5 heteroatoms. The number of hydrogen-bond acceptors (Lipinski definition) is 1. The first-order chi connectivity index (χ1) is 8.65. The van der Waals surface area contributed by atoms with Crippen LogP contribution in [0, 0.1) is 9.39 Å². The van der Waals surface area contributed by atoms with Crippen molar-refractivity contribution in [3.05, 3.63) is 57.9 Å². The van der Waals surface area contributed by atoms with Crippen molar-refractivity contribution in [3.63, 3.8) is 0 Å². The first-order valence-corrected chi connectivity index (χ1v) is 6.31. The zero-order valence-electron chi connectivity index (χ0n) is 9.28. The highest BCUT2D eigenvalue weighted by molar-refractivity contribution is 14.1. The van der Waals surface area contributed by atoms with Crippen LogP contribution in [0.4, 0.5) is 20.6 Å². The molecule has 0 saturated heterocycles. The number of benzene rings is 2. The Labute approximate surface area is 118 Å². The van der Waals surface area contributed by atoms with E-state index in [9.17, 15) is 9.18 Å². The van der Waals surface area contributed by atoms with Gasteiger partial charge in [-0.3, -0.25) is 0 Å². The molecule has 92 valence electrons. The van der Waals surface area contributed by atoms with Gasteiger partial charge in [0.25, 0.3) is 0 Å². The highest BCUT2D eigenvalue weighted by Crippen LogP contribution is 2.17. The molecule has 0 unspecified atom stereocenters. The fraction of sp³-hybridized carbons (Fsp3) is 0. The molecule has 0 atom stereocenters. The maximum absolute atomic E-state index is 12.7. The Hall–Kier alpha value is -1.63. The van der Waals surface area contributed by atoms with Gasteiger partial charge in [0.15, 0.2) is 0 Å². The fourth-order valence-electron chi connectivity index (χ4n) is 1.38. The highest BCUT2D eigenvalue weighted by Gasteiger charge is 2.04. The molecule has 3 nitrogen and oxygen atoms in total. The van der Waals surface area contributed by atoms with E-state index in [1.54, 1.807) is 0 Å². The summed E-state index contributed by atoms with van der Waals surface area (Å²) >= 11 is 2.14. The summed E-state index contributed by atoms with van der Waals surface area (Å²) in [4.78, 5) is 11.7. The number of urea groups is 1. The summed E-state index contributed by atoms with van der Waals surface area (Å²) in [7, 11) is 0. The number of anilines is 2. The van der Waals surface area contributed by atoms with Gasteiger partial charge in [-0.15, -0.1) is 0 Å². The van der Waals surface area contributed by atoms with Gasteiger partial charge in [0, 0.05) is 9.26 Å². The Bertz CT molecular complexity index is 557. The summed E-state index contributed by atoms with van der Waals surface area (Å²) in [6.45, 7) is 0. The van der Waals surface area contributed by atoms with Crippen LogP contribution < -0.4 is 10.6 Å². The van der Waals surface area contributed by atoms with Crippen LogP contribution in [0.25, 0.3) is 0 Å². The Morgan fingerprint density at radius 3 is 2.33 bits per heavy atom. The molecule has 2 rings (SSSR count). The minimum Gasteiger partial charge on any atom is -0.308 e. The van der Waals surface area contributed by atoms with Crippen molar-refractivity contribution in [3.8, 4) is 0 Å². The van der Waals surface area contributed by atoms with E-state index < -0.39 is 0 Å². The summed E-state index contributed by atoms with van der Waals surface area (Å²) in [5, 5.41) is 5.35. The Balaban J connectivity index is 2.01. The van der Waals surface area contributed by atoms with E-state index in [2.05, 4.69) is 33.2 Å². The maximum atomic E-state index is 12.7. The molecule has 0 spiro atoms. The summed E-state index contributed by atoms with van der Waals surface area (Å²) in [6.07, 6.45) is 0. The van der Waals surface area contributed by atoms with E-state index in [1.165, 1.54) is 24.3 Å². The topological polar surface area (TPSA) is 41.1 Å². The number of halogens is 2. The number of para-hydroxylation sites is 1. The number of carbonyl (C=O) groups excluding carboxylic acids is 1. The lowest BCUT2D eigenvalue weighted by molar-refractivity contribution is 0.262. The van der Waals surface area contributed by atoms with Gasteiger partial charge in [-0.2, -0.15) is 0 Å². The third-order valence-electron chi connectivity index (χ3n) is 2.22. The molecule has 0 aliphatic rings. The van der Waals surface area contributed by atoms with Crippen LogP contribution >= 0.6 is 22.6 Å². The standard InChI is InChI=1S/C13H10FIN2O/c14-9-5-7-10(8-6-9)16-13(18)17-12-4-2-1-3-11(12)15/h1-8H,(H2,16,17,18). The molecule has 18 heavy (non-hydrogen) atoms. The lowest BCUT2D eigenvalue weighted by Crippen LogP contribution is -2.19. The zero-order valence-corrected chi connectivity index (χ0v) is 11.4.